The average Bonchev–Trinajstić information content (AvgIpc) is 3.37. The Bertz CT molecular complexity index is 2990. The number of anilines is 3. The minimum absolute atomic E-state index is 0.108. The molecule has 0 bridgehead atoms. The molecule has 0 saturated heterocycles. The molecule has 260 valence electrons. The van der Waals surface area contributed by atoms with Crippen LogP contribution in [0.2, 0.25) is 0 Å². The van der Waals surface area contributed by atoms with E-state index in [4.69, 9.17) is 4.74 Å². The Balaban J connectivity index is 1.09. The van der Waals surface area contributed by atoms with Crippen molar-refractivity contribution in [3.63, 3.8) is 0 Å². The Kier molecular flexibility index (Phi) is 6.93. The van der Waals surface area contributed by atoms with Gasteiger partial charge >= 0.3 is 0 Å². The number of hydrogen-bond donors (Lipinski definition) is 0. The van der Waals surface area contributed by atoms with Gasteiger partial charge in [0.2, 0.25) is 0 Å². The molecular formula is C53H37NO. The largest absolute Gasteiger partial charge is 0.456 e. The number of hydrogen-bond acceptors (Lipinski definition) is 2. The van der Waals surface area contributed by atoms with Crippen molar-refractivity contribution in [3.05, 3.63) is 199 Å². The van der Waals surface area contributed by atoms with E-state index in [0.717, 1.165) is 50.6 Å². The van der Waals surface area contributed by atoms with E-state index in [0.29, 0.717) is 0 Å². The summed E-state index contributed by atoms with van der Waals surface area (Å²) in [6, 6.07) is 68.4. The fraction of sp³-hybridized carbons (Fsp3) is 0.0566. The standard InChI is InChI=1S/C53H37NO/c1-53(2)49-19-11-10-18-44(49)45-26-23-41(32-50(45)53)54(40-16-4-3-5-17-40)42-24-27-46-43-25-22-39(38-21-20-34-12-6-7-13-35(34)28-38)29-47(43)48-30-36-14-8-9-15-37(36)31-51(48)55-52(46)33-42/h3-33H,1-2H3. The molecule has 0 aromatic heterocycles. The number of benzene rings is 9. The van der Waals surface area contributed by atoms with Crippen LogP contribution in [-0.4, -0.2) is 0 Å². The lowest BCUT2D eigenvalue weighted by Gasteiger charge is -2.28. The van der Waals surface area contributed by atoms with Crippen molar-refractivity contribution in [2.75, 3.05) is 4.90 Å². The Labute approximate surface area is 321 Å². The van der Waals surface area contributed by atoms with Crippen molar-refractivity contribution in [2.45, 2.75) is 19.3 Å². The molecule has 0 amide bonds. The van der Waals surface area contributed by atoms with E-state index in [1.165, 1.54) is 55.1 Å². The van der Waals surface area contributed by atoms with Crippen molar-refractivity contribution in [1.82, 2.24) is 0 Å². The molecule has 0 fully saturated rings. The molecule has 2 nitrogen and oxygen atoms in total. The maximum atomic E-state index is 7.08. The summed E-state index contributed by atoms with van der Waals surface area (Å²) in [6.45, 7) is 4.68. The summed E-state index contributed by atoms with van der Waals surface area (Å²) in [7, 11) is 0. The second-order valence-corrected chi connectivity index (χ2v) is 15.4. The van der Waals surface area contributed by atoms with Gasteiger partial charge in [0.05, 0.1) is 0 Å². The van der Waals surface area contributed by atoms with Gasteiger partial charge in [0.1, 0.15) is 11.5 Å². The van der Waals surface area contributed by atoms with E-state index in [9.17, 15) is 0 Å². The third-order valence-electron chi connectivity index (χ3n) is 11.8. The quantitative estimate of drug-likeness (QED) is 0.181. The molecule has 0 spiro atoms. The lowest BCUT2D eigenvalue weighted by molar-refractivity contribution is 0.488. The van der Waals surface area contributed by atoms with Crippen molar-refractivity contribution in [2.24, 2.45) is 0 Å². The van der Waals surface area contributed by atoms with E-state index >= 15 is 0 Å². The van der Waals surface area contributed by atoms with Crippen LogP contribution < -0.4 is 9.64 Å². The number of fused-ring (bicyclic) bond motifs is 10. The second-order valence-electron chi connectivity index (χ2n) is 15.4. The minimum atomic E-state index is -0.108. The molecule has 55 heavy (non-hydrogen) atoms. The first kappa shape index (κ1) is 31.6. The van der Waals surface area contributed by atoms with Crippen LogP contribution in [0.3, 0.4) is 0 Å². The predicted octanol–water partition coefficient (Wildman–Crippen LogP) is 14.9. The van der Waals surface area contributed by atoms with E-state index < -0.39 is 0 Å². The summed E-state index contributed by atoms with van der Waals surface area (Å²) in [5.41, 5.74) is 15.4. The van der Waals surface area contributed by atoms with Crippen LogP contribution >= 0.6 is 0 Å². The molecule has 1 heterocycles. The SMILES string of the molecule is CC1(C)c2ccccc2-c2ccc(N(c3ccccc3)c3ccc4c(c3)Oc3cc5ccccc5cc3-c3cc(-c5ccc6ccccc6c5)ccc3-4)cc21. The maximum Gasteiger partial charge on any atom is 0.137 e. The molecule has 0 N–H and O–H groups in total. The molecule has 0 atom stereocenters. The van der Waals surface area contributed by atoms with Crippen LogP contribution in [0, 0.1) is 0 Å². The van der Waals surface area contributed by atoms with Gasteiger partial charge in [-0.2, -0.15) is 0 Å². The van der Waals surface area contributed by atoms with Crippen LogP contribution in [0.5, 0.6) is 11.5 Å². The van der Waals surface area contributed by atoms with Gasteiger partial charge < -0.3 is 9.64 Å². The predicted molar refractivity (Wildman–Crippen MR) is 230 cm³/mol. The Morgan fingerprint density at radius 2 is 0.927 bits per heavy atom. The number of ether oxygens (including phenoxy) is 1. The van der Waals surface area contributed by atoms with Crippen molar-refractivity contribution in [3.8, 4) is 56.0 Å². The highest BCUT2D eigenvalue weighted by Gasteiger charge is 2.36. The number of para-hydroxylation sites is 1. The second kappa shape index (κ2) is 12.1. The summed E-state index contributed by atoms with van der Waals surface area (Å²) in [4.78, 5) is 2.36. The molecule has 9 aromatic rings. The van der Waals surface area contributed by atoms with E-state index in [2.05, 4.69) is 207 Å². The zero-order valence-corrected chi connectivity index (χ0v) is 30.8. The van der Waals surface area contributed by atoms with E-state index in [1.807, 2.05) is 0 Å². The fourth-order valence-electron chi connectivity index (χ4n) is 9.00. The summed E-state index contributed by atoms with van der Waals surface area (Å²) in [6.07, 6.45) is 0. The smallest absolute Gasteiger partial charge is 0.137 e. The van der Waals surface area contributed by atoms with Crippen LogP contribution in [-0.2, 0) is 5.41 Å². The highest BCUT2D eigenvalue weighted by atomic mass is 16.5. The van der Waals surface area contributed by atoms with Gasteiger partial charge in [-0.25, -0.2) is 0 Å². The minimum Gasteiger partial charge on any atom is -0.456 e. The van der Waals surface area contributed by atoms with Gasteiger partial charge in [0.15, 0.2) is 0 Å². The molecule has 0 saturated carbocycles. The molecule has 11 rings (SSSR count). The first-order chi connectivity index (χ1) is 27.0. The normalized spacial score (nSPS) is 13.2. The average molecular weight is 704 g/mol. The van der Waals surface area contributed by atoms with Gasteiger partial charge in [0, 0.05) is 39.7 Å². The number of nitrogens with zero attached hydrogens (tertiary/aromatic N) is 1. The maximum absolute atomic E-state index is 7.08. The first-order valence-corrected chi connectivity index (χ1v) is 19.1. The van der Waals surface area contributed by atoms with Gasteiger partial charge in [-0.1, -0.05) is 135 Å². The van der Waals surface area contributed by atoms with Crippen LogP contribution in [0.1, 0.15) is 25.0 Å². The van der Waals surface area contributed by atoms with Crippen LogP contribution in [0.4, 0.5) is 17.1 Å². The zero-order chi connectivity index (χ0) is 36.7. The topological polar surface area (TPSA) is 12.5 Å². The van der Waals surface area contributed by atoms with E-state index in [1.54, 1.807) is 0 Å². The van der Waals surface area contributed by atoms with E-state index in [-0.39, 0.29) is 5.41 Å². The molecule has 1 aliphatic carbocycles. The monoisotopic (exact) mass is 703 g/mol. The van der Waals surface area contributed by atoms with Crippen molar-refractivity contribution < 1.29 is 4.74 Å². The molecule has 2 heteroatoms. The molecule has 0 unspecified atom stereocenters. The first-order valence-electron chi connectivity index (χ1n) is 19.1. The zero-order valence-electron chi connectivity index (χ0n) is 30.8. The lowest BCUT2D eigenvalue weighted by Crippen LogP contribution is -2.16. The highest BCUT2D eigenvalue weighted by molar-refractivity contribution is 5.99. The summed E-state index contributed by atoms with van der Waals surface area (Å²) < 4.78 is 7.08. The Hall–Kier alpha value is -6.90. The molecule has 0 radical (unpaired) electrons. The molecule has 2 aliphatic rings. The Morgan fingerprint density at radius 1 is 0.345 bits per heavy atom. The third-order valence-corrected chi connectivity index (χ3v) is 11.8. The van der Waals surface area contributed by atoms with Crippen molar-refractivity contribution >= 4 is 38.6 Å². The summed E-state index contributed by atoms with van der Waals surface area (Å²) >= 11 is 0. The van der Waals surface area contributed by atoms with Gasteiger partial charge in [0.25, 0.3) is 0 Å². The third kappa shape index (κ3) is 5.02. The molecular weight excluding hydrogens is 667 g/mol. The van der Waals surface area contributed by atoms with Gasteiger partial charge in [-0.3, -0.25) is 0 Å². The van der Waals surface area contributed by atoms with Gasteiger partial charge in [-0.05, 0) is 127 Å². The molecule has 9 aromatic carbocycles. The summed E-state index contributed by atoms with van der Waals surface area (Å²) in [5, 5.41) is 4.83. The summed E-state index contributed by atoms with van der Waals surface area (Å²) in [5.74, 6) is 1.69. The van der Waals surface area contributed by atoms with Gasteiger partial charge in [-0.15, -0.1) is 0 Å². The van der Waals surface area contributed by atoms with Crippen LogP contribution in [0.25, 0.3) is 66.1 Å². The lowest BCUT2D eigenvalue weighted by atomic mass is 9.82. The Morgan fingerprint density at radius 3 is 1.75 bits per heavy atom. The number of rotatable bonds is 4. The van der Waals surface area contributed by atoms with Crippen molar-refractivity contribution in [1.29, 1.82) is 0 Å². The van der Waals surface area contributed by atoms with Crippen LogP contribution in [0.15, 0.2) is 188 Å². The highest BCUT2D eigenvalue weighted by Crippen LogP contribution is 2.53. The molecule has 1 aliphatic heterocycles. The fourth-order valence-corrected chi connectivity index (χ4v) is 9.00.